The lowest BCUT2D eigenvalue weighted by Crippen LogP contribution is -2.29. The van der Waals surface area contributed by atoms with E-state index >= 15 is 0 Å². The summed E-state index contributed by atoms with van der Waals surface area (Å²) in [6.07, 6.45) is 0. The molecular weight excluding hydrogens is 382 g/mol. The van der Waals surface area contributed by atoms with Crippen LogP contribution in [0, 0.1) is 5.92 Å². The predicted octanol–water partition coefficient (Wildman–Crippen LogP) is 2.18. The fourth-order valence-electron chi connectivity index (χ4n) is 0.903. The first-order valence-electron chi connectivity index (χ1n) is 4.42. The number of aliphatic hydroxyl groups excluding tert-OH is 1. The number of nitrogens with one attached hydrogen (secondary N) is 1. The maximum Gasteiger partial charge on any atom is 0.242 e. The molecule has 0 fully saturated rings. The first-order valence-corrected chi connectivity index (χ1v) is 8.30. The molecule has 16 heavy (non-hydrogen) atoms. The fraction of sp³-hybridized carbons (Fsp3) is 0.500. The normalized spacial score (nSPS) is 14.0. The Labute approximate surface area is 115 Å². The minimum absolute atomic E-state index is 0.0446. The molecule has 92 valence electrons. The highest BCUT2D eigenvalue weighted by Gasteiger charge is 2.20. The molecule has 8 heteroatoms. The molecule has 0 radical (unpaired) electrons. The number of hydrogen-bond donors (Lipinski definition) is 2. The molecule has 0 bridgehead atoms. The molecule has 1 unspecified atom stereocenters. The summed E-state index contributed by atoms with van der Waals surface area (Å²) in [5.41, 5.74) is 0. The lowest BCUT2D eigenvalue weighted by atomic mass is 10.2. The molecule has 0 aliphatic rings. The fourth-order valence-corrected chi connectivity index (χ4v) is 5.88. The van der Waals surface area contributed by atoms with Crippen LogP contribution < -0.4 is 4.72 Å². The molecule has 4 nitrogen and oxygen atoms in total. The highest BCUT2D eigenvalue weighted by molar-refractivity contribution is 9.12. The van der Waals surface area contributed by atoms with Gasteiger partial charge in [-0.1, -0.05) is 6.92 Å². The van der Waals surface area contributed by atoms with Crippen molar-refractivity contribution in [2.24, 2.45) is 5.92 Å². The second-order valence-electron chi connectivity index (χ2n) is 3.33. The van der Waals surface area contributed by atoms with E-state index in [-0.39, 0.29) is 24.0 Å². The van der Waals surface area contributed by atoms with Gasteiger partial charge in [0.25, 0.3) is 0 Å². The molecule has 1 atom stereocenters. The first kappa shape index (κ1) is 14.6. The van der Waals surface area contributed by atoms with Crippen LogP contribution in [-0.4, -0.2) is 26.7 Å². The van der Waals surface area contributed by atoms with Gasteiger partial charge in [0.1, 0.15) is 4.90 Å². The molecular formula is C8H11Br2NO3S2. The molecule has 1 aromatic heterocycles. The monoisotopic (exact) mass is 391 g/mol. The molecule has 0 aromatic carbocycles. The summed E-state index contributed by atoms with van der Waals surface area (Å²) in [6, 6.07) is 1.54. The van der Waals surface area contributed by atoms with Crippen molar-refractivity contribution < 1.29 is 13.5 Å². The van der Waals surface area contributed by atoms with Crippen LogP contribution in [0.25, 0.3) is 0 Å². The van der Waals surface area contributed by atoms with E-state index in [1.165, 1.54) is 11.3 Å². The Balaban J connectivity index is 2.82. The Hall–Kier alpha value is 0.530. The van der Waals surface area contributed by atoms with Crippen LogP contribution in [0.15, 0.2) is 18.5 Å². The minimum atomic E-state index is -3.50. The third-order valence-electron chi connectivity index (χ3n) is 1.85. The molecule has 0 spiro atoms. The van der Waals surface area contributed by atoms with E-state index in [0.717, 1.165) is 3.79 Å². The Kier molecular flexibility index (Phi) is 5.40. The van der Waals surface area contributed by atoms with Crippen LogP contribution in [0.5, 0.6) is 0 Å². The lowest BCUT2D eigenvalue weighted by Gasteiger charge is -2.09. The van der Waals surface area contributed by atoms with Crippen LogP contribution >= 0.6 is 43.2 Å². The molecule has 1 rings (SSSR count). The smallest absolute Gasteiger partial charge is 0.242 e. The van der Waals surface area contributed by atoms with Crippen molar-refractivity contribution in [3.05, 3.63) is 13.6 Å². The van der Waals surface area contributed by atoms with Gasteiger partial charge in [0, 0.05) is 13.2 Å². The molecule has 0 saturated heterocycles. The van der Waals surface area contributed by atoms with Crippen molar-refractivity contribution in [2.45, 2.75) is 11.8 Å². The standard InChI is InChI=1S/C8H11Br2NO3S2/c1-5(4-12)3-11-16(13,14)6-2-7(9)15-8(6)10/h2,5,11-12H,3-4H2,1H3. The highest BCUT2D eigenvalue weighted by Crippen LogP contribution is 2.34. The molecule has 0 aliphatic heterocycles. The molecule has 1 aromatic rings. The number of sulfonamides is 1. The van der Waals surface area contributed by atoms with E-state index in [0.29, 0.717) is 3.79 Å². The molecule has 0 aliphatic carbocycles. The predicted molar refractivity (Wildman–Crippen MR) is 71.2 cm³/mol. The number of halogens is 2. The van der Waals surface area contributed by atoms with Crippen molar-refractivity contribution in [1.82, 2.24) is 4.72 Å². The zero-order valence-electron chi connectivity index (χ0n) is 8.41. The van der Waals surface area contributed by atoms with Gasteiger partial charge in [-0.25, -0.2) is 13.1 Å². The number of rotatable bonds is 5. The number of aliphatic hydroxyl groups is 1. The van der Waals surface area contributed by atoms with E-state index in [2.05, 4.69) is 36.6 Å². The van der Waals surface area contributed by atoms with Gasteiger partial charge >= 0.3 is 0 Å². The van der Waals surface area contributed by atoms with E-state index in [9.17, 15) is 8.42 Å². The van der Waals surface area contributed by atoms with Crippen LogP contribution in [-0.2, 0) is 10.0 Å². The zero-order chi connectivity index (χ0) is 12.3. The molecule has 0 saturated carbocycles. The van der Waals surface area contributed by atoms with E-state index in [1.54, 1.807) is 13.0 Å². The maximum absolute atomic E-state index is 11.8. The summed E-state index contributed by atoms with van der Waals surface area (Å²) in [5, 5.41) is 8.81. The Morgan fingerprint density at radius 3 is 2.62 bits per heavy atom. The van der Waals surface area contributed by atoms with E-state index in [1.807, 2.05) is 0 Å². The van der Waals surface area contributed by atoms with Gasteiger partial charge in [0.05, 0.1) is 7.57 Å². The van der Waals surface area contributed by atoms with Crippen LogP contribution in [0.4, 0.5) is 0 Å². The number of hydrogen-bond acceptors (Lipinski definition) is 4. The zero-order valence-corrected chi connectivity index (χ0v) is 13.2. The summed E-state index contributed by atoms with van der Waals surface area (Å²) in [7, 11) is -3.50. The van der Waals surface area contributed by atoms with Gasteiger partial charge in [0.15, 0.2) is 0 Å². The van der Waals surface area contributed by atoms with Gasteiger partial charge in [-0.05, 0) is 43.8 Å². The average Bonchev–Trinajstić information content (AvgIpc) is 2.55. The van der Waals surface area contributed by atoms with E-state index in [4.69, 9.17) is 5.11 Å². The maximum atomic E-state index is 11.8. The largest absolute Gasteiger partial charge is 0.396 e. The van der Waals surface area contributed by atoms with Crippen molar-refractivity contribution in [3.63, 3.8) is 0 Å². The van der Waals surface area contributed by atoms with Gasteiger partial charge in [0.2, 0.25) is 10.0 Å². The molecule has 2 N–H and O–H groups in total. The van der Waals surface area contributed by atoms with Crippen molar-refractivity contribution in [3.8, 4) is 0 Å². The molecule has 0 amide bonds. The second-order valence-corrected chi connectivity index (χ2v) is 8.81. The van der Waals surface area contributed by atoms with Crippen molar-refractivity contribution >= 4 is 53.2 Å². The summed E-state index contributed by atoms with van der Waals surface area (Å²) in [5.74, 6) is -0.101. The Bertz CT molecular complexity index is 458. The van der Waals surface area contributed by atoms with E-state index < -0.39 is 10.0 Å². The quantitative estimate of drug-likeness (QED) is 0.806. The Morgan fingerprint density at radius 1 is 1.56 bits per heavy atom. The SMILES string of the molecule is CC(CO)CNS(=O)(=O)c1cc(Br)sc1Br. The number of thiophene rings is 1. The summed E-state index contributed by atoms with van der Waals surface area (Å²) >= 11 is 7.72. The third kappa shape index (κ3) is 3.78. The van der Waals surface area contributed by atoms with Crippen LogP contribution in [0.1, 0.15) is 6.92 Å². The van der Waals surface area contributed by atoms with Crippen molar-refractivity contribution in [2.75, 3.05) is 13.2 Å². The topological polar surface area (TPSA) is 66.4 Å². The third-order valence-corrected chi connectivity index (χ3v) is 6.03. The van der Waals surface area contributed by atoms with Gasteiger partial charge in [-0.15, -0.1) is 11.3 Å². The lowest BCUT2D eigenvalue weighted by molar-refractivity contribution is 0.238. The van der Waals surface area contributed by atoms with Gasteiger partial charge < -0.3 is 5.11 Å². The minimum Gasteiger partial charge on any atom is -0.396 e. The van der Waals surface area contributed by atoms with Crippen LogP contribution in [0.3, 0.4) is 0 Å². The van der Waals surface area contributed by atoms with Gasteiger partial charge in [-0.3, -0.25) is 0 Å². The van der Waals surface area contributed by atoms with Gasteiger partial charge in [-0.2, -0.15) is 0 Å². The first-order chi connectivity index (χ1) is 7.36. The van der Waals surface area contributed by atoms with Crippen LogP contribution in [0.2, 0.25) is 0 Å². The average molecular weight is 393 g/mol. The highest BCUT2D eigenvalue weighted by atomic mass is 79.9. The summed E-state index contributed by atoms with van der Waals surface area (Å²) in [6.45, 7) is 1.94. The summed E-state index contributed by atoms with van der Waals surface area (Å²) in [4.78, 5) is 0.217. The van der Waals surface area contributed by atoms with Crippen molar-refractivity contribution in [1.29, 1.82) is 0 Å². The second kappa shape index (κ2) is 5.92. The molecule has 1 heterocycles. The summed E-state index contributed by atoms with van der Waals surface area (Å²) < 4.78 is 27.5. The Morgan fingerprint density at radius 2 is 2.19 bits per heavy atom.